The van der Waals surface area contributed by atoms with Crippen molar-refractivity contribution in [1.82, 2.24) is 4.98 Å². The van der Waals surface area contributed by atoms with Crippen molar-refractivity contribution in [2.24, 2.45) is 0 Å². The van der Waals surface area contributed by atoms with E-state index >= 15 is 0 Å². The van der Waals surface area contributed by atoms with Crippen molar-refractivity contribution in [2.75, 3.05) is 5.75 Å². The van der Waals surface area contributed by atoms with E-state index in [0.29, 0.717) is 5.56 Å². The van der Waals surface area contributed by atoms with E-state index in [1.54, 1.807) is 19.9 Å². The fourth-order valence-electron chi connectivity index (χ4n) is 1.16. The fraction of sp³-hybridized carbons (Fsp3) is 0.333. The summed E-state index contributed by atoms with van der Waals surface area (Å²) >= 11 is 1.31. The average Bonchev–Trinajstić information content (AvgIpc) is 2.22. The molecule has 0 unspecified atom stereocenters. The van der Waals surface area contributed by atoms with Crippen LogP contribution < -0.4 is 0 Å². The van der Waals surface area contributed by atoms with Crippen LogP contribution in [0.5, 0.6) is 0 Å². The van der Waals surface area contributed by atoms with Crippen molar-refractivity contribution in [3.63, 3.8) is 0 Å². The van der Waals surface area contributed by atoms with E-state index in [0.717, 1.165) is 17.7 Å². The van der Waals surface area contributed by atoms with Gasteiger partial charge >= 0.3 is 0 Å². The fourth-order valence-corrected chi connectivity index (χ4v) is 1.70. The zero-order valence-electron chi connectivity index (χ0n) is 9.37. The molecule has 0 aliphatic rings. The molecule has 1 heterocycles. The Morgan fingerprint density at radius 2 is 2.38 bits per heavy atom. The molecule has 0 aromatic carbocycles. The molecule has 0 saturated heterocycles. The highest BCUT2D eigenvalue weighted by molar-refractivity contribution is 8.13. The second-order valence-electron chi connectivity index (χ2n) is 3.41. The van der Waals surface area contributed by atoms with E-state index in [4.69, 9.17) is 0 Å². The number of allylic oxidation sites excluding steroid dienone is 1. The Morgan fingerprint density at radius 3 is 3.00 bits per heavy atom. The Hall–Kier alpha value is -1.16. The normalized spacial score (nSPS) is 10.9. The molecule has 4 heteroatoms. The molecule has 0 radical (unpaired) electrons. The van der Waals surface area contributed by atoms with Gasteiger partial charge in [0.1, 0.15) is 0 Å². The molecule has 0 bridgehead atoms. The van der Waals surface area contributed by atoms with Crippen LogP contribution in [0.15, 0.2) is 18.3 Å². The summed E-state index contributed by atoms with van der Waals surface area (Å²) in [4.78, 5) is 14.3. The summed E-state index contributed by atoms with van der Waals surface area (Å²) in [6, 6.07) is 1.75. The number of aryl methyl sites for hydroxylation is 1. The smallest absolute Gasteiger partial charge is 0.215 e. The molecule has 0 amide bonds. The molecule has 0 saturated carbocycles. The van der Waals surface area contributed by atoms with E-state index < -0.39 is 5.95 Å². The highest BCUT2D eigenvalue weighted by Crippen LogP contribution is 2.09. The number of hydrogen-bond acceptors (Lipinski definition) is 3. The molecule has 0 N–H and O–H groups in total. The van der Waals surface area contributed by atoms with Gasteiger partial charge in [-0.2, -0.15) is 4.39 Å². The maximum absolute atomic E-state index is 12.9. The van der Waals surface area contributed by atoms with Gasteiger partial charge in [0.2, 0.25) is 5.95 Å². The van der Waals surface area contributed by atoms with Gasteiger partial charge in [0, 0.05) is 24.4 Å². The summed E-state index contributed by atoms with van der Waals surface area (Å²) < 4.78 is 12.9. The summed E-state index contributed by atoms with van der Waals surface area (Å²) in [5.41, 5.74) is 1.42. The van der Waals surface area contributed by atoms with Crippen LogP contribution in [0.3, 0.4) is 0 Å². The minimum atomic E-state index is -0.427. The van der Waals surface area contributed by atoms with Gasteiger partial charge in [-0.15, -0.1) is 0 Å². The van der Waals surface area contributed by atoms with E-state index in [1.807, 2.05) is 12.2 Å². The third-order valence-corrected chi connectivity index (χ3v) is 2.78. The van der Waals surface area contributed by atoms with Crippen molar-refractivity contribution in [1.29, 1.82) is 0 Å². The first-order valence-electron chi connectivity index (χ1n) is 5.01. The lowest BCUT2D eigenvalue weighted by molar-refractivity contribution is -0.109. The SMILES string of the molecule is CC(=O)SCCC=Cc1cnc(F)c(C)c1. The van der Waals surface area contributed by atoms with Crippen molar-refractivity contribution in [3.8, 4) is 0 Å². The first-order chi connectivity index (χ1) is 7.59. The van der Waals surface area contributed by atoms with Crippen LogP contribution in [-0.4, -0.2) is 15.9 Å². The quantitative estimate of drug-likeness (QED) is 0.597. The summed E-state index contributed by atoms with van der Waals surface area (Å²) in [6.07, 6.45) is 6.17. The lowest BCUT2D eigenvalue weighted by Crippen LogP contribution is -1.88. The van der Waals surface area contributed by atoms with Gasteiger partial charge in [0.25, 0.3) is 0 Å². The van der Waals surface area contributed by atoms with Gasteiger partial charge in [0.15, 0.2) is 5.12 Å². The minimum absolute atomic E-state index is 0.132. The Kier molecular flexibility index (Phi) is 5.19. The summed E-state index contributed by atoms with van der Waals surface area (Å²) in [5.74, 6) is 0.351. The van der Waals surface area contributed by atoms with Crippen molar-refractivity contribution in [3.05, 3.63) is 35.4 Å². The van der Waals surface area contributed by atoms with Crippen LogP contribution >= 0.6 is 11.8 Å². The average molecular weight is 239 g/mol. The van der Waals surface area contributed by atoms with Crippen molar-refractivity contribution < 1.29 is 9.18 Å². The highest BCUT2D eigenvalue weighted by atomic mass is 32.2. The molecule has 0 aliphatic heterocycles. The van der Waals surface area contributed by atoms with Gasteiger partial charge in [-0.1, -0.05) is 23.9 Å². The summed E-state index contributed by atoms with van der Waals surface area (Å²) in [7, 11) is 0. The first kappa shape index (κ1) is 12.9. The summed E-state index contributed by atoms with van der Waals surface area (Å²) in [6.45, 7) is 3.24. The Balaban J connectivity index is 2.44. The molecule has 1 rings (SSSR count). The number of rotatable bonds is 4. The Morgan fingerprint density at radius 1 is 1.62 bits per heavy atom. The molecule has 1 aromatic rings. The van der Waals surface area contributed by atoms with Crippen LogP contribution in [0, 0.1) is 12.9 Å². The molecule has 0 aliphatic carbocycles. The number of nitrogens with zero attached hydrogens (tertiary/aromatic N) is 1. The number of aromatic nitrogens is 1. The van der Waals surface area contributed by atoms with E-state index in [9.17, 15) is 9.18 Å². The van der Waals surface area contributed by atoms with Crippen LogP contribution in [0.2, 0.25) is 0 Å². The van der Waals surface area contributed by atoms with Gasteiger partial charge in [-0.3, -0.25) is 4.79 Å². The third-order valence-electron chi connectivity index (χ3n) is 1.94. The molecule has 0 atom stereocenters. The van der Waals surface area contributed by atoms with Crippen LogP contribution in [0.4, 0.5) is 4.39 Å². The largest absolute Gasteiger partial charge is 0.288 e. The number of thioether (sulfide) groups is 1. The Bertz CT molecular complexity index is 404. The van der Waals surface area contributed by atoms with E-state index in [1.165, 1.54) is 18.0 Å². The zero-order chi connectivity index (χ0) is 12.0. The molecule has 16 heavy (non-hydrogen) atoms. The molecule has 86 valence electrons. The second kappa shape index (κ2) is 6.43. The van der Waals surface area contributed by atoms with Gasteiger partial charge in [-0.05, 0) is 25.0 Å². The highest BCUT2D eigenvalue weighted by Gasteiger charge is 1.97. The van der Waals surface area contributed by atoms with E-state index in [-0.39, 0.29) is 5.12 Å². The van der Waals surface area contributed by atoms with Gasteiger partial charge in [0.05, 0.1) is 0 Å². The number of carbonyl (C=O) groups excluding carboxylic acids is 1. The molecule has 1 aromatic heterocycles. The maximum atomic E-state index is 12.9. The summed E-state index contributed by atoms with van der Waals surface area (Å²) in [5, 5.41) is 0.132. The maximum Gasteiger partial charge on any atom is 0.215 e. The first-order valence-corrected chi connectivity index (χ1v) is 6.00. The van der Waals surface area contributed by atoms with Crippen LogP contribution in [0.1, 0.15) is 24.5 Å². The number of halogens is 1. The minimum Gasteiger partial charge on any atom is -0.288 e. The third kappa shape index (κ3) is 4.57. The number of pyridine rings is 1. The van der Waals surface area contributed by atoms with Gasteiger partial charge < -0.3 is 0 Å². The zero-order valence-corrected chi connectivity index (χ0v) is 10.2. The van der Waals surface area contributed by atoms with Crippen molar-refractivity contribution >= 4 is 23.0 Å². The predicted molar refractivity (Wildman–Crippen MR) is 65.7 cm³/mol. The van der Waals surface area contributed by atoms with Crippen LogP contribution in [0.25, 0.3) is 6.08 Å². The van der Waals surface area contributed by atoms with Crippen LogP contribution in [-0.2, 0) is 4.79 Å². The lowest BCUT2D eigenvalue weighted by Gasteiger charge is -1.97. The number of hydrogen-bond donors (Lipinski definition) is 0. The molecular formula is C12H14FNOS. The predicted octanol–water partition coefficient (Wildman–Crippen LogP) is 3.21. The van der Waals surface area contributed by atoms with Crippen molar-refractivity contribution in [2.45, 2.75) is 20.3 Å². The molecule has 2 nitrogen and oxygen atoms in total. The van der Waals surface area contributed by atoms with E-state index in [2.05, 4.69) is 4.98 Å². The molecule has 0 fully saturated rings. The second-order valence-corrected chi connectivity index (χ2v) is 4.68. The lowest BCUT2D eigenvalue weighted by atomic mass is 10.2. The Labute approximate surface area is 99.0 Å². The monoisotopic (exact) mass is 239 g/mol. The molecule has 0 spiro atoms. The molecular weight excluding hydrogens is 225 g/mol. The standard InChI is InChI=1S/C12H14FNOS/c1-9-7-11(8-14-12(9)13)5-3-4-6-16-10(2)15/h3,5,7-8H,4,6H2,1-2H3. The number of carbonyl (C=O) groups is 1. The van der Waals surface area contributed by atoms with Gasteiger partial charge in [-0.25, -0.2) is 4.98 Å². The topological polar surface area (TPSA) is 30.0 Å².